The summed E-state index contributed by atoms with van der Waals surface area (Å²) >= 11 is 0. The second-order valence-corrected chi connectivity index (χ2v) is 5.43. The number of ether oxygens (including phenoxy) is 1. The predicted molar refractivity (Wildman–Crippen MR) is 80.4 cm³/mol. The van der Waals surface area contributed by atoms with E-state index in [9.17, 15) is 10.1 Å². The summed E-state index contributed by atoms with van der Waals surface area (Å²) in [5.41, 5.74) is 0.962. The summed E-state index contributed by atoms with van der Waals surface area (Å²) in [5.74, 6) is 0. The molecular formula is C17H22N2O2. The fourth-order valence-electron chi connectivity index (χ4n) is 2.62. The van der Waals surface area contributed by atoms with E-state index in [1.165, 1.54) is 6.42 Å². The first-order valence-electron chi connectivity index (χ1n) is 7.68. The zero-order valence-corrected chi connectivity index (χ0v) is 12.3. The van der Waals surface area contributed by atoms with E-state index >= 15 is 0 Å². The van der Waals surface area contributed by atoms with Crippen LogP contribution in [0.5, 0.6) is 0 Å². The molecule has 0 N–H and O–H groups in total. The smallest absolute Gasteiger partial charge is 0.411 e. The SMILES string of the molecule is N#CC1CCCCCCCN1C(=O)OCc1ccccc1. The Hall–Kier alpha value is -2.02. The van der Waals surface area contributed by atoms with Crippen LogP contribution in [0.15, 0.2) is 30.3 Å². The molecule has 0 bridgehead atoms. The maximum Gasteiger partial charge on any atom is 0.411 e. The third-order valence-electron chi connectivity index (χ3n) is 3.84. The van der Waals surface area contributed by atoms with Crippen LogP contribution in [-0.4, -0.2) is 23.6 Å². The lowest BCUT2D eigenvalue weighted by Crippen LogP contribution is -2.40. The molecule has 1 saturated heterocycles. The van der Waals surface area contributed by atoms with E-state index in [2.05, 4.69) is 6.07 Å². The van der Waals surface area contributed by atoms with Crippen molar-refractivity contribution in [1.29, 1.82) is 5.26 Å². The summed E-state index contributed by atoms with van der Waals surface area (Å²) in [7, 11) is 0. The van der Waals surface area contributed by atoms with Crippen LogP contribution >= 0.6 is 0 Å². The van der Waals surface area contributed by atoms with Gasteiger partial charge < -0.3 is 4.74 Å². The number of hydrogen-bond acceptors (Lipinski definition) is 3. The molecule has 1 fully saturated rings. The Balaban J connectivity index is 1.95. The van der Waals surface area contributed by atoms with Gasteiger partial charge in [-0.05, 0) is 18.4 Å². The predicted octanol–water partition coefficient (Wildman–Crippen LogP) is 3.87. The van der Waals surface area contributed by atoms with Crippen molar-refractivity contribution in [2.24, 2.45) is 0 Å². The largest absolute Gasteiger partial charge is 0.445 e. The Labute approximate surface area is 126 Å². The number of nitriles is 1. The minimum atomic E-state index is -0.368. The van der Waals surface area contributed by atoms with Crippen molar-refractivity contribution in [1.82, 2.24) is 4.90 Å². The van der Waals surface area contributed by atoms with Gasteiger partial charge in [-0.15, -0.1) is 0 Å². The molecule has 1 unspecified atom stereocenters. The monoisotopic (exact) mass is 286 g/mol. The number of hydrogen-bond donors (Lipinski definition) is 0. The number of carbonyl (C=O) groups is 1. The number of amides is 1. The van der Waals surface area contributed by atoms with Crippen molar-refractivity contribution in [2.75, 3.05) is 6.54 Å². The second kappa shape index (κ2) is 8.31. The van der Waals surface area contributed by atoms with Crippen molar-refractivity contribution < 1.29 is 9.53 Å². The Morgan fingerprint density at radius 2 is 1.90 bits per heavy atom. The van der Waals surface area contributed by atoms with Gasteiger partial charge in [0.25, 0.3) is 0 Å². The Bertz CT molecular complexity index is 481. The molecule has 1 aliphatic rings. The summed E-state index contributed by atoms with van der Waals surface area (Å²) in [5, 5.41) is 9.30. The summed E-state index contributed by atoms with van der Waals surface area (Å²) in [6, 6.07) is 11.5. The maximum atomic E-state index is 12.3. The third-order valence-corrected chi connectivity index (χ3v) is 3.84. The quantitative estimate of drug-likeness (QED) is 0.829. The molecule has 0 saturated carbocycles. The fraction of sp³-hybridized carbons (Fsp3) is 0.529. The lowest BCUT2D eigenvalue weighted by Gasteiger charge is -2.26. The van der Waals surface area contributed by atoms with Gasteiger partial charge in [0.15, 0.2) is 0 Å². The van der Waals surface area contributed by atoms with Gasteiger partial charge in [0.2, 0.25) is 0 Å². The van der Waals surface area contributed by atoms with Crippen LogP contribution in [0, 0.1) is 11.3 Å². The van der Waals surface area contributed by atoms with Crippen molar-refractivity contribution in [2.45, 2.75) is 51.2 Å². The van der Waals surface area contributed by atoms with Gasteiger partial charge in [-0.25, -0.2) is 4.79 Å². The van der Waals surface area contributed by atoms with Crippen LogP contribution in [0.25, 0.3) is 0 Å². The molecule has 0 aromatic heterocycles. The van der Waals surface area contributed by atoms with E-state index in [4.69, 9.17) is 4.74 Å². The van der Waals surface area contributed by atoms with E-state index in [-0.39, 0.29) is 18.7 Å². The molecule has 4 nitrogen and oxygen atoms in total. The fourth-order valence-corrected chi connectivity index (χ4v) is 2.62. The Morgan fingerprint density at radius 3 is 2.67 bits per heavy atom. The molecule has 21 heavy (non-hydrogen) atoms. The first kappa shape index (κ1) is 15.4. The molecule has 1 atom stereocenters. The highest BCUT2D eigenvalue weighted by Gasteiger charge is 2.25. The summed E-state index contributed by atoms with van der Waals surface area (Å²) < 4.78 is 5.37. The lowest BCUT2D eigenvalue weighted by atomic mass is 10.1. The molecule has 0 spiro atoms. The molecule has 1 amide bonds. The highest BCUT2D eigenvalue weighted by molar-refractivity contribution is 5.68. The highest BCUT2D eigenvalue weighted by atomic mass is 16.6. The third kappa shape index (κ3) is 4.78. The number of carbonyl (C=O) groups excluding carboxylic acids is 1. The molecule has 1 aliphatic heterocycles. The van der Waals surface area contributed by atoms with Gasteiger partial charge in [-0.2, -0.15) is 5.26 Å². The molecule has 0 radical (unpaired) electrons. The van der Waals surface area contributed by atoms with Gasteiger partial charge in [0.05, 0.1) is 6.07 Å². The van der Waals surface area contributed by atoms with Crippen LogP contribution in [0.3, 0.4) is 0 Å². The van der Waals surface area contributed by atoms with E-state index in [0.717, 1.165) is 37.7 Å². The number of rotatable bonds is 2. The molecule has 1 aromatic carbocycles. The Morgan fingerprint density at radius 1 is 1.19 bits per heavy atom. The first-order chi connectivity index (χ1) is 10.3. The summed E-state index contributed by atoms with van der Waals surface area (Å²) in [6.07, 6.45) is 5.76. The topological polar surface area (TPSA) is 53.3 Å². The molecular weight excluding hydrogens is 264 g/mol. The van der Waals surface area contributed by atoms with Crippen molar-refractivity contribution in [3.63, 3.8) is 0 Å². The van der Waals surface area contributed by atoms with E-state index < -0.39 is 0 Å². The average molecular weight is 286 g/mol. The van der Waals surface area contributed by atoms with Gasteiger partial charge in [0, 0.05) is 6.54 Å². The maximum absolute atomic E-state index is 12.3. The van der Waals surface area contributed by atoms with E-state index in [0.29, 0.717) is 6.54 Å². The first-order valence-corrected chi connectivity index (χ1v) is 7.68. The van der Waals surface area contributed by atoms with Crippen LogP contribution in [0.4, 0.5) is 4.79 Å². The lowest BCUT2D eigenvalue weighted by molar-refractivity contribution is 0.0867. The number of benzene rings is 1. The molecule has 4 heteroatoms. The number of nitrogens with zero attached hydrogens (tertiary/aromatic N) is 2. The second-order valence-electron chi connectivity index (χ2n) is 5.43. The molecule has 1 aromatic rings. The van der Waals surface area contributed by atoms with Crippen LogP contribution in [-0.2, 0) is 11.3 Å². The minimum Gasteiger partial charge on any atom is -0.445 e. The van der Waals surface area contributed by atoms with Crippen LogP contribution in [0.1, 0.15) is 44.1 Å². The van der Waals surface area contributed by atoms with E-state index in [1.54, 1.807) is 4.90 Å². The van der Waals surface area contributed by atoms with Crippen LogP contribution < -0.4 is 0 Å². The van der Waals surface area contributed by atoms with Crippen molar-refractivity contribution in [3.8, 4) is 6.07 Å². The van der Waals surface area contributed by atoms with Crippen LogP contribution in [0.2, 0.25) is 0 Å². The van der Waals surface area contributed by atoms with Crippen molar-refractivity contribution in [3.05, 3.63) is 35.9 Å². The molecule has 112 valence electrons. The van der Waals surface area contributed by atoms with Gasteiger partial charge in [-0.3, -0.25) is 4.90 Å². The van der Waals surface area contributed by atoms with Gasteiger partial charge in [0.1, 0.15) is 12.6 Å². The zero-order valence-electron chi connectivity index (χ0n) is 12.3. The van der Waals surface area contributed by atoms with Gasteiger partial charge >= 0.3 is 6.09 Å². The molecule has 0 aliphatic carbocycles. The highest BCUT2D eigenvalue weighted by Crippen LogP contribution is 2.17. The van der Waals surface area contributed by atoms with E-state index in [1.807, 2.05) is 30.3 Å². The average Bonchev–Trinajstić information content (AvgIpc) is 2.65. The normalized spacial score (nSPS) is 19.8. The van der Waals surface area contributed by atoms with Gasteiger partial charge in [-0.1, -0.05) is 56.0 Å². The van der Waals surface area contributed by atoms with Crippen molar-refractivity contribution >= 4 is 6.09 Å². The minimum absolute atomic E-state index is 0.258. The Kier molecular flexibility index (Phi) is 6.08. The summed E-state index contributed by atoms with van der Waals surface area (Å²) in [4.78, 5) is 13.9. The molecule has 2 rings (SSSR count). The zero-order chi connectivity index (χ0) is 14.9. The summed E-state index contributed by atoms with van der Waals surface area (Å²) in [6.45, 7) is 0.875. The molecule has 1 heterocycles. The standard InChI is InChI=1S/C17H22N2O2/c18-13-16-11-7-2-1-3-8-12-19(16)17(20)21-14-15-9-5-4-6-10-15/h4-6,9-10,16H,1-3,7-8,11-12,14H2.